The zero-order valence-electron chi connectivity index (χ0n) is 12.5. The molecule has 116 valence electrons. The first-order valence-corrected chi connectivity index (χ1v) is 6.64. The number of hydrogen-bond acceptors (Lipinski definition) is 3. The van der Waals surface area contributed by atoms with E-state index in [9.17, 15) is 18.7 Å². The van der Waals surface area contributed by atoms with Gasteiger partial charge in [0.2, 0.25) is 5.82 Å². The van der Waals surface area contributed by atoms with Crippen molar-refractivity contribution in [3.63, 3.8) is 0 Å². The SMILES string of the molecule is COc1ccc(C(=O)N2CC(C)(C)[C@@](C)(O)C2)c(F)c1F. The molecule has 1 heterocycles. The van der Waals surface area contributed by atoms with E-state index >= 15 is 0 Å². The number of hydrogen-bond donors (Lipinski definition) is 1. The Balaban J connectivity index is 2.33. The van der Waals surface area contributed by atoms with E-state index in [2.05, 4.69) is 4.74 Å². The number of rotatable bonds is 2. The van der Waals surface area contributed by atoms with Crippen LogP contribution in [0.3, 0.4) is 0 Å². The van der Waals surface area contributed by atoms with Crippen molar-refractivity contribution in [1.82, 2.24) is 4.90 Å². The number of carbonyl (C=O) groups is 1. The summed E-state index contributed by atoms with van der Waals surface area (Å²) in [6.45, 7) is 5.62. The van der Waals surface area contributed by atoms with Crippen molar-refractivity contribution in [3.05, 3.63) is 29.3 Å². The first kappa shape index (κ1) is 15.7. The van der Waals surface area contributed by atoms with Crippen LogP contribution in [0, 0.1) is 17.0 Å². The van der Waals surface area contributed by atoms with Gasteiger partial charge in [0.15, 0.2) is 11.6 Å². The maximum absolute atomic E-state index is 14.0. The van der Waals surface area contributed by atoms with Gasteiger partial charge in [-0.1, -0.05) is 13.8 Å². The topological polar surface area (TPSA) is 49.8 Å². The Morgan fingerprint density at radius 1 is 1.24 bits per heavy atom. The lowest BCUT2D eigenvalue weighted by molar-refractivity contribution is -0.0108. The Labute approximate surface area is 122 Å². The summed E-state index contributed by atoms with van der Waals surface area (Å²) in [5.41, 5.74) is -1.96. The fourth-order valence-corrected chi connectivity index (χ4v) is 2.46. The Morgan fingerprint density at radius 3 is 2.33 bits per heavy atom. The van der Waals surface area contributed by atoms with Crippen molar-refractivity contribution in [3.8, 4) is 5.75 Å². The third-order valence-corrected chi connectivity index (χ3v) is 4.33. The molecule has 1 aliphatic rings. The van der Waals surface area contributed by atoms with Crippen molar-refractivity contribution < 1.29 is 23.4 Å². The van der Waals surface area contributed by atoms with E-state index in [4.69, 9.17) is 0 Å². The van der Waals surface area contributed by atoms with Gasteiger partial charge in [-0.15, -0.1) is 0 Å². The van der Waals surface area contributed by atoms with Gasteiger partial charge < -0.3 is 14.7 Å². The number of halogens is 2. The van der Waals surface area contributed by atoms with Crippen LogP contribution in [0.4, 0.5) is 8.78 Å². The lowest BCUT2D eigenvalue weighted by Crippen LogP contribution is -2.40. The monoisotopic (exact) mass is 299 g/mol. The van der Waals surface area contributed by atoms with Crippen LogP contribution in [0.2, 0.25) is 0 Å². The second-order valence-electron chi connectivity index (χ2n) is 6.26. The Hall–Kier alpha value is -1.69. The predicted molar refractivity (Wildman–Crippen MR) is 73.2 cm³/mol. The highest BCUT2D eigenvalue weighted by Crippen LogP contribution is 2.39. The molecule has 21 heavy (non-hydrogen) atoms. The fourth-order valence-electron chi connectivity index (χ4n) is 2.46. The summed E-state index contributed by atoms with van der Waals surface area (Å²) in [6.07, 6.45) is 0. The molecule has 0 bridgehead atoms. The van der Waals surface area contributed by atoms with E-state index in [0.717, 1.165) is 0 Å². The highest BCUT2D eigenvalue weighted by atomic mass is 19.2. The molecule has 0 aromatic heterocycles. The zero-order chi connectivity index (χ0) is 16.0. The van der Waals surface area contributed by atoms with Crippen molar-refractivity contribution in [2.45, 2.75) is 26.4 Å². The molecule has 1 aromatic rings. The molecular weight excluding hydrogens is 280 g/mol. The summed E-state index contributed by atoms with van der Waals surface area (Å²) in [6, 6.07) is 2.41. The predicted octanol–water partition coefficient (Wildman–Crippen LogP) is 2.21. The summed E-state index contributed by atoms with van der Waals surface area (Å²) >= 11 is 0. The van der Waals surface area contributed by atoms with Gasteiger partial charge in [-0.05, 0) is 19.1 Å². The minimum atomic E-state index is -1.23. The molecule has 0 saturated carbocycles. The van der Waals surface area contributed by atoms with Crippen LogP contribution >= 0.6 is 0 Å². The van der Waals surface area contributed by atoms with Crippen LogP contribution in [0.25, 0.3) is 0 Å². The third-order valence-electron chi connectivity index (χ3n) is 4.33. The molecule has 1 fully saturated rings. The zero-order valence-corrected chi connectivity index (χ0v) is 12.5. The van der Waals surface area contributed by atoms with E-state index in [1.165, 1.54) is 24.1 Å². The molecule has 1 atom stereocenters. The van der Waals surface area contributed by atoms with Crippen molar-refractivity contribution >= 4 is 5.91 Å². The molecular formula is C15H19F2NO3. The number of amides is 1. The van der Waals surface area contributed by atoms with Gasteiger partial charge in [-0.25, -0.2) is 4.39 Å². The van der Waals surface area contributed by atoms with Crippen LogP contribution in [0.15, 0.2) is 12.1 Å². The first-order valence-electron chi connectivity index (χ1n) is 6.64. The standard InChI is InChI=1S/C15H19F2NO3/c1-14(2)7-18(8-15(14,3)20)13(19)9-5-6-10(21-4)12(17)11(9)16/h5-6,20H,7-8H2,1-4H3/t15-/m0/s1. The molecule has 1 N–H and O–H groups in total. The quantitative estimate of drug-likeness (QED) is 0.911. The second kappa shape index (κ2) is 4.94. The van der Waals surface area contributed by atoms with Gasteiger partial charge in [0.25, 0.3) is 5.91 Å². The van der Waals surface area contributed by atoms with Gasteiger partial charge in [0.05, 0.1) is 24.8 Å². The lowest BCUT2D eigenvalue weighted by atomic mass is 9.79. The number of methoxy groups -OCH3 is 1. The van der Waals surface area contributed by atoms with Gasteiger partial charge in [0, 0.05) is 12.0 Å². The molecule has 6 heteroatoms. The van der Waals surface area contributed by atoms with Gasteiger partial charge in [-0.3, -0.25) is 4.79 Å². The summed E-state index contributed by atoms with van der Waals surface area (Å²) in [5, 5.41) is 10.3. The normalized spacial score (nSPS) is 24.2. The van der Waals surface area contributed by atoms with Crippen molar-refractivity contribution in [2.75, 3.05) is 20.2 Å². The molecule has 1 aliphatic heterocycles. The third kappa shape index (κ3) is 2.48. The largest absolute Gasteiger partial charge is 0.494 e. The Bertz CT molecular complexity index is 569. The second-order valence-corrected chi connectivity index (χ2v) is 6.26. The number of β-amino-alcohol motifs (C(OH)–C–C–N with tert-alkyl or cyclic N) is 1. The summed E-state index contributed by atoms with van der Waals surface area (Å²) in [7, 11) is 1.22. The highest BCUT2D eigenvalue weighted by Gasteiger charge is 2.49. The van der Waals surface area contributed by atoms with E-state index in [1.807, 2.05) is 13.8 Å². The maximum atomic E-state index is 14.0. The number of benzene rings is 1. The molecule has 0 aliphatic carbocycles. The minimum absolute atomic E-state index is 0.0753. The first-order chi connectivity index (χ1) is 9.60. The molecule has 1 amide bonds. The molecule has 1 aromatic carbocycles. The number of aliphatic hydroxyl groups is 1. The number of ether oxygens (including phenoxy) is 1. The van der Waals surface area contributed by atoms with Crippen LogP contribution in [-0.2, 0) is 0 Å². The highest BCUT2D eigenvalue weighted by molar-refractivity contribution is 5.95. The fraction of sp³-hybridized carbons (Fsp3) is 0.533. The average molecular weight is 299 g/mol. The van der Waals surface area contributed by atoms with Gasteiger partial charge >= 0.3 is 0 Å². The molecule has 0 radical (unpaired) electrons. The van der Waals surface area contributed by atoms with E-state index in [0.29, 0.717) is 0 Å². The van der Waals surface area contributed by atoms with Crippen molar-refractivity contribution in [2.24, 2.45) is 5.41 Å². The van der Waals surface area contributed by atoms with Crippen LogP contribution in [0.1, 0.15) is 31.1 Å². The summed E-state index contributed by atoms with van der Waals surface area (Å²) in [5.74, 6) is -3.31. The molecule has 1 saturated heterocycles. The number of carbonyl (C=O) groups excluding carboxylic acids is 1. The van der Waals surface area contributed by atoms with E-state index in [-0.39, 0.29) is 24.4 Å². The molecule has 0 spiro atoms. The number of nitrogens with zero attached hydrogens (tertiary/aromatic N) is 1. The Kier molecular flexibility index (Phi) is 3.70. The van der Waals surface area contributed by atoms with Gasteiger partial charge in [-0.2, -0.15) is 4.39 Å². The lowest BCUT2D eigenvalue weighted by Gasteiger charge is -2.30. The molecule has 4 nitrogen and oxygen atoms in total. The molecule has 2 rings (SSSR count). The van der Waals surface area contributed by atoms with E-state index < -0.39 is 28.6 Å². The van der Waals surface area contributed by atoms with Gasteiger partial charge in [0.1, 0.15) is 0 Å². The number of likely N-dealkylation sites (tertiary alicyclic amines) is 1. The minimum Gasteiger partial charge on any atom is -0.494 e. The summed E-state index contributed by atoms with van der Waals surface area (Å²) < 4.78 is 32.3. The van der Waals surface area contributed by atoms with Crippen molar-refractivity contribution in [1.29, 1.82) is 0 Å². The van der Waals surface area contributed by atoms with E-state index in [1.54, 1.807) is 6.92 Å². The average Bonchev–Trinajstić information content (AvgIpc) is 2.61. The van der Waals surface area contributed by atoms with Crippen LogP contribution in [0.5, 0.6) is 5.75 Å². The molecule has 0 unspecified atom stereocenters. The Morgan fingerprint density at radius 2 is 1.86 bits per heavy atom. The van der Waals surface area contributed by atoms with Crippen LogP contribution in [-0.4, -0.2) is 41.7 Å². The summed E-state index contributed by atoms with van der Waals surface area (Å²) in [4.78, 5) is 13.7. The smallest absolute Gasteiger partial charge is 0.257 e. The van der Waals surface area contributed by atoms with Crippen LogP contribution < -0.4 is 4.74 Å². The maximum Gasteiger partial charge on any atom is 0.257 e.